The normalized spacial score (nSPS) is 11.8. The molecule has 1 atom stereocenters. The topological polar surface area (TPSA) is 78.4 Å². The zero-order chi connectivity index (χ0) is 15.1. The van der Waals surface area contributed by atoms with Crippen LogP contribution in [0.4, 0.5) is 9.18 Å². The Morgan fingerprint density at radius 2 is 2.15 bits per heavy atom. The molecule has 110 valence electrons. The summed E-state index contributed by atoms with van der Waals surface area (Å²) in [7, 11) is 0. The molecule has 0 spiro atoms. The van der Waals surface area contributed by atoms with Crippen LogP contribution in [0.5, 0.6) is 0 Å². The molecule has 0 fully saturated rings. The third kappa shape index (κ3) is 5.44. The van der Waals surface area contributed by atoms with Gasteiger partial charge in [-0.05, 0) is 31.0 Å². The molecular formula is C13H16ClFN2O3. The van der Waals surface area contributed by atoms with Gasteiger partial charge in [-0.2, -0.15) is 0 Å². The fourth-order valence-corrected chi connectivity index (χ4v) is 1.95. The Bertz CT molecular complexity index is 497. The van der Waals surface area contributed by atoms with Crippen molar-refractivity contribution in [1.82, 2.24) is 10.6 Å². The minimum Gasteiger partial charge on any atom is -0.481 e. The SMILES string of the molecule is C[C@@H](NC(=O)NCCCC(=O)O)c1ccc(F)cc1Cl. The standard InChI is InChI=1S/C13H16ClFN2O3/c1-8(10-5-4-9(15)7-11(10)14)17-13(20)16-6-2-3-12(18)19/h4-5,7-8H,2-3,6H2,1H3,(H,18,19)(H2,16,17,20)/t8-/m1/s1. The Kier molecular flexibility index (Phi) is 6.24. The van der Waals surface area contributed by atoms with Crippen molar-refractivity contribution in [1.29, 1.82) is 0 Å². The number of carboxylic acid groups (broad SMARTS) is 1. The average molecular weight is 303 g/mol. The largest absolute Gasteiger partial charge is 0.481 e. The van der Waals surface area contributed by atoms with Crippen LogP contribution >= 0.6 is 11.6 Å². The van der Waals surface area contributed by atoms with E-state index in [0.717, 1.165) is 0 Å². The van der Waals surface area contributed by atoms with Crippen LogP contribution in [0.1, 0.15) is 31.4 Å². The molecule has 0 aliphatic rings. The summed E-state index contributed by atoms with van der Waals surface area (Å²) in [5.74, 6) is -1.34. The average Bonchev–Trinajstić information content (AvgIpc) is 2.34. The predicted octanol–water partition coefficient (Wildman–Crippen LogP) is 2.70. The highest BCUT2D eigenvalue weighted by Gasteiger charge is 2.12. The van der Waals surface area contributed by atoms with E-state index in [1.165, 1.54) is 18.2 Å². The van der Waals surface area contributed by atoms with Gasteiger partial charge in [-0.25, -0.2) is 9.18 Å². The molecule has 1 aromatic rings. The monoisotopic (exact) mass is 302 g/mol. The van der Waals surface area contributed by atoms with Gasteiger partial charge in [0, 0.05) is 18.0 Å². The highest BCUT2D eigenvalue weighted by Crippen LogP contribution is 2.23. The molecule has 1 aromatic carbocycles. The van der Waals surface area contributed by atoms with Gasteiger partial charge in [-0.1, -0.05) is 17.7 Å². The lowest BCUT2D eigenvalue weighted by molar-refractivity contribution is -0.137. The Morgan fingerprint density at radius 3 is 2.75 bits per heavy atom. The fraction of sp³-hybridized carbons (Fsp3) is 0.385. The molecule has 0 bridgehead atoms. The summed E-state index contributed by atoms with van der Waals surface area (Å²) < 4.78 is 12.9. The molecule has 0 aliphatic carbocycles. The first-order valence-corrected chi connectivity index (χ1v) is 6.49. The Balaban J connectivity index is 2.43. The van der Waals surface area contributed by atoms with Crippen LogP contribution in [0.15, 0.2) is 18.2 Å². The van der Waals surface area contributed by atoms with E-state index in [4.69, 9.17) is 16.7 Å². The zero-order valence-corrected chi connectivity index (χ0v) is 11.7. The van der Waals surface area contributed by atoms with Gasteiger partial charge < -0.3 is 15.7 Å². The number of carbonyl (C=O) groups is 2. The van der Waals surface area contributed by atoms with Gasteiger partial charge in [0.1, 0.15) is 5.82 Å². The van der Waals surface area contributed by atoms with Crippen molar-refractivity contribution in [2.45, 2.75) is 25.8 Å². The predicted molar refractivity (Wildman–Crippen MR) is 73.2 cm³/mol. The number of urea groups is 1. The number of hydrogen-bond acceptors (Lipinski definition) is 2. The highest BCUT2D eigenvalue weighted by atomic mass is 35.5. The van der Waals surface area contributed by atoms with Gasteiger partial charge in [0.25, 0.3) is 0 Å². The number of hydrogen-bond donors (Lipinski definition) is 3. The van der Waals surface area contributed by atoms with Crippen molar-refractivity contribution >= 4 is 23.6 Å². The van der Waals surface area contributed by atoms with Crippen LogP contribution in [-0.2, 0) is 4.79 Å². The maximum atomic E-state index is 12.9. The summed E-state index contributed by atoms with van der Waals surface area (Å²) in [5.41, 5.74) is 0.605. The number of halogens is 2. The van der Waals surface area contributed by atoms with Crippen LogP contribution in [-0.4, -0.2) is 23.7 Å². The van der Waals surface area contributed by atoms with Crippen molar-refractivity contribution in [3.63, 3.8) is 0 Å². The molecule has 2 amide bonds. The zero-order valence-electron chi connectivity index (χ0n) is 11.0. The second-order valence-electron chi connectivity index (χ2n) is 4.29. The number of rotatable bonds is 6. The molecule has 5 nitrogen and oxygen atoms in total. The van der Waals surface area contributed by atoms with E-state index in [1.54, 1.807) is 6.92 Å². The number of aliphatic carboxylic acids is 1. The second-order valence-corrected chi connectivity index (χ2v) is 4.69. The molecule has 0 aromatic heterocycles. The lowest BCUT2D eigenvalue weighted by Crippen LogP contribution is -2.37. The quantitative estimate of drug-likeness (QED) is 0.707. The maximum Gasteiger partial charge on any atom is 0.315 e. The van der Waals surface area contributed by atoms with Gasteiger partial charge in [0.2, 0.25) is 0 Å². The van der Waals surface area contributed by atoms with E-state index >= 15 is 0 Å². The molecule has 0 saturated heterocycles. The van der Waals surface area contributed by atoms with Crippen molar-refractivity contribution in [2.75, 3.05) is 6.54 Å². The van der Waals surface area contributed by atoms with Crippen LogP contribution in [0, 0.1) is 5.82 Å². The summed E-state index contributed by atoms with van der Waals surface area (Å²) in [4.78, 5) is 21.9. The number of nitrogens with one attached hydrogen (secondary N) is 2. The fourth-order valence-electron chi connectivity index (χ4n) is 1.62. The van der Waals surface area contributed by atoms with Gasteiger partial charge in [-0.15, -0.1) is 0 Å². The maximum absolute atomic E-state index is 12.9. The molecule has 0 heterocycles. The van der Waals surface area contributed by atoms with Crippen LogP contribution in [0.2, 0.25) is 5.02 Å². The number of carbonyl (C=O) groups excluding carboxylic acids is 1. The number of carboxylic acids is 1. The first kappa shape index (κ1) is 16.2. The lowest BCUT2D eigenvalue weighted by Gasteiger charge is -2.16. The van der Waals surface area contributed by atoms with Gasteiger partial charge in [0.05, 0.1) is 6.04 Å². The minimum atomic E-state index is -0.904. The van der Waals surface area contributed by atoms with E-state index in [1.807, 2.05) is 0 Å². The molecule has 3 N–H and O–H groups in total. The van der Waals surface area contributed by atoms with Gasteiger partial charge >= 0.3 is 12.0 Å². The minimum absolute atomic E-state index is 0.000373. The molecule has 0 unspecified atom stereocenters. The molecule has 1 rings (SSSR count). The molecule has 0 radical (unpaired) electrons. The van der Waals surface area contributed by atoms with Crippen molar-refractivity contribution in [3.8, 4) is 0 Å². The van der Waals surface area contributed by atoms with Crippen molar-refractivity contribution < 1.29 is 19.1 Å². The third-order valence-corrected chi connectivity index (χ3v) is 2.96. The van der Waals surface area contributed by atoms with Crippen LogP contribution in [0.3, 0.4) is 0 Å². The van der Waals surface area contributed by atoms with Crippen molar-refractivity contribution in [2.24, 2.45) is 0 Å². The first-order valence-electron chi connectivity index (χ1n) is 6.11. The van der Waals surface area contributed by atoms with Crippen molar-refractivity contribution in [3.05, 3.63) is 34.6 Å². The Morgan fingerprint density at radius 1 is 1.45 bits per heavy atom. The van der Waals surface area contributed by atoms with E-state index in [-0.39, 0.29) is 24.0 Å². The summed E-state index contributed by atoms with van der Waals surface area (Å²) in [6.07, 6.45) is 0.355. The lowest BCUT2D eigenvalue weighted by atomic mass is 10.1. The van der Waals surface area contributed by atoms with Crippen LogP contribution in [0.25, 0.3) is 0 Å². The Labute approximate surface area is 121 Å². The number of amides is 2. The highest BCUT2D eigenvalue weighted by molar-refractivity contribution is 6.31. The van der Waals surface area contributed by atoms with Crippen LogP contribution < -0.4 is 10.6 Å². The summed E-state index contributed by atoms with van der Waals surface area (Å²) >= 11 is 5.89. The van der Waals surface area contributed by atoms with Gasteiger partial charge in [-0.3, -0.25) is 4.79 Å². The molecular weight excluding hydrogens is 287 g/mol. The number of benzene rings is 1. The first-order chi connectivity index (χ1) is 9.40. The van der Waals surface area contributed by atoms with E-state index in [9.17, 15) is 14.0 Å². The third-order valence-electron chi connectivity index (χ3n) is 2.63. The Hall–Kier alpha value is -1.82. The molecule has 0 saturated carbocycles. The summed E-state index contributed by atoms with van der Waals surface area (Å²) in [5, 5.41) is 13.9. The second kappa shape index (κ2) is 7.69. The van der Waals surface area contributed by atoms with E-state index < -0.39 is 17.8 Å². The molecule has 7 heteroatoms. The molecule has 0 aliphatic heterocycles. The summed E-state index contributed by atoms with van der Waals surface area (Å²) in [6, 6.07) is 3.14. The van der Waals surface area contributed by atoms with E-state index in [0.29, 0.717) is 12.0 Å². The smallest absolute Gasteiger partial charge is 0.315 e. The van der Waals surface area contributed by atoms with Gasteiger partial charge in [0.15, 0.2) is 0 Å². The van der Waals surface area contributed by atoms with E-state index in [2.05, 4.69) is 10.6 Å². The molecule has 20 heavy (non-hydrogen) atoms. The summed E-state index contributed by atoms with van der Waals surface area (Å²) in [6.45, 7) is 1.98.